The second-order valence-corrected chi connectivity index (χ2v) is 9.90. The van der Waals surface area contributed by atoms with E-state index in [4.69, 9.17) is 24.0 Å². The molecule has 0 unspecified atom stereocenters. The van der Waals surface area contributed by atoms with E-state index in [1.54, 1.807) is 4.68 Å². The molecule has 4 aromatic carbocycles. The zero-order valence-electron chi connectivity index (χ0n) is 25.6. The van der Waals surface area contributed by atoms with E-state index in [2.05, 4.69) is 15.8 Å². The first-order chi connectivity index (χ1) is 22.5. The summed E-state index contributed by atoms with van der Waals surface area (Å²) in [6, 6.07) is 30.2. The normalized spacial score (nSPS) is 10.8. The number of carbonyl (C=O) groups excluding carboxylic acids is 2. The van der Waals surface area contributed by atoms with E-state index >= 15 is 0 Å². The Morgan fingerprint density at radius 2 is 1.50 bits per heavy atom. The number of amides is 2. The van der Waals surface area contributed by atoms with Crippen molar-refractivity contribution in [2.24, 2.45) is 5.10 Å². The van der Waals surface area contributed by atoms with Gasteiger partial charge in [0.05, 0.1) is 39.8 Å². The molecule has 1 heterocycles. The fourth-order valence-electron chi connectivity index (χ4n) is 4.56. The quantitative estimate of drug-likeness (QED) is 0.140. The summed E-state index contributed by atoms with van der Waals surface area (Å²) >= 11 is 0. The summed E-state index contributed by atoms with van der Waals surface area (Å²) in [4.78, 5) is 25.3. The average molecular weight is 620 g/mol. The summed E-state index contributed by atoms with van der Waals surface area (Å²) in [5, 5.41) is 11.5. The van der Waals surface area contributed by atoms with Crippen LogP contribution in [0.1, 0.15) is 21.5 Å². The van der Waals surface area contributed by atoms with Gasteiger partial charge in [-0.05, 0) is 54.1 Å². The number of nitrogens with zero attached hydrogens (tertiary/aromatic N) is 3. The van der Waals surface area contributed by atoms with Gasteiger partial charge in [0.25, 0.3) is 11.8 Å². The maximum Gasteiger partial charge on any atom is 0.259 e. The fraction of sp³-hybridized carbons (Fsp3) is 0.143. The van der Waals surface area contributed by atoms with Gasteiger partial charge in [0.15, 0.2) is 11.5 Å². The first kappa shape index (κ1) is 31.3. The zero-order chi connectivity index (χ0) is 32.3. The minimum atomic E-state index is -0.519. The summed E-state index contributed by atoms with van der Waals surface area (Å²) in [6.07, 6.45) is 3.34. The molecule has 5 aromatic rings. The van der Waals surface area contributed by atoms with Crippen LogP contribution in [0.3, 0.4) is 0 Å². The topological polar surface area (TPSA) is 125 Å². The van der Waals surface area contributed by atoms with Crippen molar-refractivity contribution < 1.29 is 28.5 Å². The number of benzene rings is 4. The number of ether oxygens (including phenoxy) is 4. The Balaban J connectivity index is 1.26. The number of carbonyl (C=O) groups is 2. The van der Waals surface area contributed by atoms with Crippen LogP contribution in [-0.4, -0.2) is 55.7 Å². The largest absolute Gasteiger partial charge is 0.493 e. The van der Waals surface area contributed by atoms with Crippen molar-refractivity contribution in [2.45, 2.75) is 6.61 Å². The minimum Gasteiger partial charge on any atom is -0.493 e. The first-order valence-electron chi connectivity index (χ1n) is 14.3. The number of hydrazone groups is 1. The molecule has 2 amide bonds. The van der Waals surface area contributed by atoms with Crippen LogP contribution in [0.15, 0.2) is 108 Å². The maximum atomic E-state index is 12.8. The molecule has 0 saturated carbocycles. The molecule has 0 bridgehead atoms. The van der Waals surface area contributed by atoms with E-state index in [1.807, 2.05) is 91.1 Å². The van der Waals surface area contributed by atoms with Gasteiger partial charge in [-0.15, -0.1) is 0 Å². The summed E-state index contributed by atoms with van der Waals surface area (Å²) in [5.74, 6) is 0.710. The summed E-state index contributed by atoms with van der Waals surface area (Å²) in [7, 11) is 4.38. The Morgan fingerprint density at radius 3 is 2.13 bits per heavy atom. The zero-order valence-corrected chi connectivity index (χ0v) is 25.6. The van der Waals surface area contributed by atoms with E-state index in [1.165, 1.54) is 39.7 Å². The van der Waals surface area contributed by atoms with Crippen molar-refractivity contribution in [2.75, 3.05) is 27.9 Å². The standard InChI is InChI=1S/C35H33N5O6/c1-43-30-18-26(19-31(44-2)34(30)45-3)35(42)36-21-32(41)38-37-20-27-22-40(28-12-8-5-9-13-28)39-33(27)25-14-16-29(17-15-25)46-23-24-10-6-4-7-11-24/h4-20,22H,21,23H2,1-3H3,(H,36,42)(H,38,41). The molecule has 11 nitrogen and oxygen atoms in total. The fourth-order valence-corrected chi connectivity index (χ4v) is 4.56. The van der Waals surface area contributed by atoms with Crippen LogP contribution in [0, 0.1) is 0 Å². The van der Waals surface area contributed by atoms with E-state index in [-0.39, 0.29) is 12.1 Å². The highest BCUT2D eigenvalue weighted by atomic mass is 16.5. The molecule has 0 saturated heterocycles. The van der Waals surface area contributed by atoms with Gasteiger partial charge in [0.1, 0.15) is 18.1 Å². The first-order valence-corrected chi connectivity index (χ1v) is 14.3. The molecule has 1 aromatic heterocycles. The SMILES string of the molecule is COc1cc(C(=O)NCC(=O)NN=Cc2cn(-c3ccccc3)nc2-c2ccc(OCc3ccccc3)cc2)cc(OC)c1OC. The highest BCUT2D eigenvalue weighted by Crippen LogP contribution is 2.38. The van der Waals surface area contributed by atoms with E-state index in [9.17, 15) is 9.59 Å². The molecule has 0 spiro atoms. The van der Waals surface area contributed by atoms with E-state index in [0.717, 1.165) is 22.6 Å². The molecule has 5 rings (SSSR count). The molecule has 2 N–H and O–H groups in total. The number of hydrogen-bond acceptors (Lipinski definition) is 8. The molecule has 0 radical (unpaired) electrons. The van der Waals surface area contributed by atoms with Crippen molar-refractivity contribution >= 4 is 18.0 Å². The molecule has 11 heteroatoms. The van der Waals surface area contributed by atoms with E-state index in [0.29, 0.717) is 35.1 Å². The minimum absolute atomic E-state index is 0.236. The lowest BCUT2D eigenvalue weighted by Gasteiger charge is -2.14. The van der Waals surface area contributed by atoms with Crippen LogP contribution < -0.4 is 29.7 Å². The van der Waals surface area contributed by atoms with Gasteiger partial charge in [0, 0.05) is 22.9 Å². The Labute approximate surface area is 266 Å². The number of nitrogens with one attached hydrogen (secondary N) is 2. The molecule has 0 aliphatic carbocycles. The van der Waals surface area contributed by atoms with Gasteiger partial charge in [-0.2, -0.15) is 10.2 Å². The number of methoxy groups -OCH3 is 3. The number of rotatable bonds is 13. The van der Waals surface area contributed by atoms with Crippen LogP contribution in [0.5, 0.6) is 23.0 Å². The number of para-hydroxylation sites is 1. The Bertz CT molecular complexity index is 1780. The molecular weight excluding hydrogens is 586 g/mol. The highest BCUT2D eigenvalue weighted by Gasteiger charge is 2.18. The van der Waals surface area contributed by atoms with E-state index < -0.39 is 11.8 Å². The Kier molecular flexibility index (Phi) is 10.3. The third-order valence-corrected chi connectivity index (χ3v) is 6.87. The Hall–Kier alpha value is -6.10. The number of aromatic nitrogens is 2. The highest BCUT2D eigenvalue weighted by molar-refractivity contribution is 5.98. The molecule has 0 aliphatic rings. The van der Waals surface area contributed by atoms with Crippen LogP contribution in [0.4, 0.5) is 0 Å². The molecule has 0 fully saturated rings. The van der Waals surface area contributed by atoms with Gasteiger partial charge in [0.2, 0.25) is 5.75 Å². The van der Waals surface area contributed by atoms with Crippen LogP contribution >= 0.6 is 0 Å². The lowest BCUT2D eigenvalue weighted by molar-refractivity contribution is -0.120. The van der Waals surface area contributed by atoms with Crippen molar-refractivity contribution in [1.82, 2.24) is 20.5 Å². The molecule has 0 aliphatic heterocycles. The average Bonchev–Trinajstić information content (AvgIpc) is 3.54. The van der Waals surface area contributed by atoms with Crippen LogP contribution in [-0.2, 0) is 11.4 Å². The summed E-state index contributed by atoms with van der Waals surface area (Å²) in [5.41, 5.74) is 6.81. The molecule has 234 valence electrons. The van der Waals surface area contributed by atoms with Crippen LogP contribution in [0.25, 0.3) is 16.9 Å². The third-order valence-electron chi connectivity index (χ3n) is 6.87. The van der Waals surface area contributed by atoms with Gasteiger partial charge >= 0.3 is 0 Å². The molecule has 0 atom stereocenters. The van der Waals surface area contributed by atoms with Gasteiger partial charge < -0.3 is 24.3 Å². The second-order valence-electron chi connectivity index (χ2n) is 9.90. The van der Waals surface area contributed by atoms with Gasteiger partial charge in [-0.3, -0.25) is 9.59 Å². The summed E-state index contributed by atoms with van der Waals surface area (Å²) < 4.78 is 23.6. The predicted octanol–water partition coefficient (Wildman–Crippen LogP) is 5.02. The van der Waals surface area contributed by atoms with Crippen molar-refractivity contribution in [3.63, 3.8) is 0 Å². The molecular formula is C35H33N5O6. The van der Waals surface area contributed by atoms with Gasteiger partial charge in [-0.25, -0.2) is 10.1 Å². The number of hydrogen-bond donors (Lipinski definition) is 2. The predicted molar refractivity (Wildman–Crippen MR) is 174 cm³/mol. The van der Waals surface area contributed by atoms with Gasteiger partial charge in [-0.1, -0.05) is 48.5 Å². The molecule has 46 heavy (non-hydrogen) atoms. The monoisotopic (exact) mass is 619 g/mol. The van der Waals surface area contributed by atoms with Crippen molar-refractivity contribution in [1.29, 1.82) is 0 Å². The van der Waals surface area contributed by atoms with Crippen molar-refractivity contribution in [3.05, 3.63) is 120 Å². The lowest BCUT2D eigenvalue weighted by Crippen LogP contribution is -2.35. The smallest absolute Gasteiger partial charge is 0.259 e. The lowest BCUT2D eigenvalue weighted by atomic mass is 10.1. The van der Waals surface area contributed by atoms with Crippen LogP contribution in [0.2, 0.25) is 0 Å². The summed E-state index contributed by atoms with van der Waals surface area (Å²) in [6.45, 7) is 0.150. The Morgan fingerprint density at radius 1 is 0.848 bits per heavy atom. The van der Waals surface area contributed by atoms with Crippen molar-refractivity contribution in [3.8, 4) is 39.9 Å². The second kappa shape index (κ2) is 15.1. The maximum absolute atomic E-state index is 12.8. The third kappa shape index (κ3) is 7.69.